The molecule has 0 bridgehead atoms. The van der Waals surface area contributed by atoms with Crippen molar-refractivity contribution in [3.05, 3.63) is 52.1 Å². The van der Waals surface area contributed by atoms with Crippen LogP contribution in [0.1, 0.15) is 59.5 Å². The molecule has 0 spiro atoms. The third-order valence-corrected chi connectivity index (χ3v) is 8.24. The SMILES string of the molecule is CCOC(=O)CC(c1cc(OC)c2c(c1)nnn2C)c1ccc(C)c2c1CCC2N(C)S(C)(=O)=O. The molecule has 1 aliphatic rings. The van der Waals surface area contributed by atoms with E-state index in [9.17, 15) is 13.2 Å². The topological polar surface area (TPSA) is 104 Å². The van der Waals surface area contributed by atoms with Crippen LogP contribution in [0.4, 0.5) is 0 Å². The number of hydrogen-bond acceptors (Lipinski definition) is 7. The standard InChI is InChI=1S/C25H32N4O5S/c1-7-34-23(30)14-19(16-12-20-25(22(13-16)33-5)28(3)27-26-20)17-9-8-15(2)24-18(17)10-11-21(24)29(4)35(6,31)32/h8-9,12-13,19,21H,7,10-11,14H2,1-6H3. The fourth-order valence-corrected chi connectivity index (χ4v) is 5.89. The van der Waals surface area contributed by atoms with Gasteiger partial charge >= 0.3 is 5.97 Å². The molecule has 2 aromatic carbocycles. The summed E-state index contributed by atoms with van der Waals surface area (Å²) in [5.41, 5.74) is 6.47. The number of methoxy groups -OCH3 is 1. The van der Waals surface area contributed by atoms with Crippen molar-refractivity contribution in [1.29, 1.82) is 0 Å². The lowest BCUT2D eigenvalue weighted by atomic mass is 9.83. The van der Waals surface area contributed by atoms with Crippen LogP contribution in [0.2, 0.25) is 0 Å². The molecule has 9 nitrogen and oxygen atoms in total. The van der Waals surface area contributed by atoms with Crippen LogP contribution in [0.25, 0.3) is 11.0 Å². The number of nitrogens with zero attached hydrogens (tertiary/aromatic N) is 4. The lowest BCUT2D eigenvalue weighted by Gasteiger charge is -2.26. The molecular weight excluding hydrogens is 468 g/mol. The third kappa shape index (κ3) is 4.64. The number of benzene rings is 2. The van der Waals surface area contributed by atoms with Gasteiger partial charge in [0, 0.05) is 20.0 Å². The molecule has 0 saturated heterocycles. The van der Waals surface area contributed by atoms with E-state index < -0.39 is 10.0 Å². The Morgan fingerprint density at radius 3 is 2.71 bits per heavy atom. The zero-order valence-corrected chi connectivity index (χ0v) is 21.8. The van der Waals surface area contributed by atoms with E-state index in [1.54, 1.807) is 32.8 Å². The molecule has 2 unspecified atom stereocenters. The van der Waals surface area contributed by atoms with Crippen LogP contribution in [-0.2, 0) is 33.0 Å². The molecule has 0 amide bonds. The first-order chi connectivity index (χ1) is 16.6. The van der Waals surface area contributed by atoms with E-state index in [2.05, 4.69) is 10.3 Å². The molecular formula is C25H32N4O5S. The molecule has 0 N–H and O–H groups in total. The predicted molar refractivity (Wildman–Crippen MR) is 133 cm³/mol. The van der Waals surface area contributed by atoms with Gasteiger partial charge in [-0.25, -0.2) is 13.1 Å². The van der Waals surface area contributed by atoms with E-state index >= 15 is 0 Å². The van der Waals surface area contributed by atoms with Gasteiger partial charge in [-0.2, -0.15) is 4.31 Å². The zero-order chi connectivity index (χ0) is 25.5. The molecule has 0 radical (unpaired) electrons. The van der Waals surface area contributed by atoms with Crippen LogP contribution in [0, 0.1) is 6.92 Å². The quantitative estimate of drug-likeness (QED) is 0.437. The largest absolute Gasteiger partial charge is 0.494 e. The van der Waals surface area contributed by atoms with Crippen LogP contribution in [0.5, 0.6) is 5.75 Å². The van der Waals surface area contributed by atoms with Crippen LogP contribution in [0.15, 0.2) is 24.3 Å². The normalized spacial score (nSPS) is 16.5. The highest BCUT2D eigenvalue weighted by Gasteiger charge is 2.35. The van der Waals surface area contributed by atoms with Crippen molar-refractivity contribution in [2.45, 2.75) is 45.1 Å². The van der Waals surface area contributed by atoms with E-state index in [1.807, 2.05) is 31.2 Å². The highest BCUT2D eigenvalue weighted by Crippen LogP contribution is 2.44. The van der Waals surface area contributed by atoms with Gasteiger partial charge in [0.25, 0.3) is 0 Å². The van der Waals surface area contributed by atoms with E-state index in [-0.39, 0.29) is 24.3 Å². The number of carbonyl (C=O) groups is 1. The molecule has 3 aromatic rings. The first-order valence-corrected chi connectivity index (χ1v) is 13.5. The smallest absolute Gasteiger partial charge is 0.306 e. The first-order valence-electron chi connectivity index (χ1n) is 11.6. The molecule has 4 rings (SSSR count). The van der Waals surface area contributed by atoms with E-state index in [1.165, 1.54) is 10.6 Å². The number of rotatable bonds is 8. The molecule has 1 heterocycles. The van der Waals surface area contributed by atoms with Gasteiger partial charge in [-0.05, 0) is 66.6 Å². The van der Waals surface area contributed by atoms with Gasteiger partial charge in [0.05, 0.1) is 32.4 Å². The fraction of sp³-hybridized carbons (Fsp3) is 0.480. The Balaban J connectivity index is 1.89. The summed E-state index contributed by atoms with van der Waals surface area (Å²) in [6, 6.07) is 7.69. The fourth-order valence-electron chi connectivity index (χ4n) is 5.21. The number of aromatic nitrogens is 3. The summed E-state index contributed by atoms with van der Waals surface area (Å²) >= 11 is 0. The minimum atomic E-state index is -3.36. The van der Waals surface area contributed by atoms with E-state index in [0.29, 0.717) is 24.3 Å². The summed E-state index contributed by atoms with van der Waals surface area (Å²) in [5.74, 6) is 0.0103. The van der Waals surface area contributed by atoms with Gasteiger partial charge in [0.15, 0.2) is 0 Å². The van der Waals surface area contributed by atoms with Crippen molar-refractivity contribution in [2.24, 2.45) is 7.05 Å². The Hall–Kier alpha value is -2.98. The molecule has 10 heteroatoms. The van der Waals surface area contributed by atoms with Crippen molar-refractivity contribution in [1.82, 2.24) is 19.3 Å². The Morgan fingerprint density at radius 2 is 2.06 bits per heavy atom. The van der Waals surface area contributed by atoms with Gasteiger partial charge in [-0.1, -0.05) is 17.3 Å². The molecule has 188 valence electrons. The van der Waals surface area contributed by atoms with Crippen molar-refractivity contribution < 1.29 is 22.7 Å². The number of aryl methyl sites for hydroxylation is 2. The molecule has 2 atom stereocenters. The Morgan fingerprint density at radius 1 is 1.31 bits per heavy atom. The van der Waals surface area contributed by atoms with E-state index in [4.69, 9.17) is 9.47 Å². The molecule has 0 aliphatic heterocycles. The highest BCUT2D eigenvalue weighted by atomic mass is 32.2. The number of hydrogen-bond donors (Lipinski definition) is 0. The maximum atomic E-state index is 12.7. The molecule has 1 aliphatic carbocycles. The molecule has 1 aromatic heterocycles. The number of ether oxygens (including phenoxy) is 2. The van der Waals surface area contributed by atoms with Gasteiger partial charge < -0.3 is 9.47 Å². The summed E-state index contributed by atoms with van der Waals surface area (Å²) < 4.78 is 38.7. The second kappa shape index (κ2) is 9.58. The number of esters is 1. The summed E-state index contributed by atoms with van der Waals surface area (Å²) in [4.78, 5) is 12.7. The average molecular weight is 501 g/mol. The maximum Gasteiger partial charge on any atom is 0.306 e. The van der Waals surface area contributed by atoms with Crippen molar-refractivity contribution in [3.8, 4) is 5.75 Å². The number of fused-ring (bicyclic) bond motifs is 2. The number of sulfonamides is 1. The van der Waals surface area contributed by atoms with E-state index in [0.717, 1.165) is 39.8 Å². The monoisotopic (exact) mass is 500 g/mol. The Bertz CT molecular complexity index is 1380. The first kappa shape index (κ1) is 25.1. The number of carbonyl (C=O) groups excluding carboxylic acids is 1. The Labute approximate surface area is 206 Å². The van der Waals surface area contributed by atoms with Crippen LogP contribution >= 0.6 is 0 Å². The lowest BCUT2D eigenvalue weighted by molar-refractivity contribution is -0.143. The lowest BCUT2D eigenvalue weighted by Crippen LogP contribution is -2.29. The van der Waals surface area contributed by atoms with Gasteiger partial charge in [-0.3, -0.25) is 4.79 Å². The minimum Gasteiger partial charge on any atom is -0.494 e. The second-order valence-corrected chi connectivity index (χ2v) is 11.1. The molecule has 35 heavy (non-hydrogen) atoms. The summed E-state index contributed by atoms with van der Waals surface area (Å²) in [6.07, 6.45) is 2.79. The predicted octanol–water partition coefficient (Wildman–Crippen LogP) is 3.25. The van der Waals surface area contributed by atoms with Crippen LogP contribution < -0.4 is 4.74 Å². The van der Waals surface area contributed by atoms with Gasteiger partial charge in [-0.15, -0.1) is 5.10 Å². The average Bonchev–Trinajstić information content (AvgIpc) is 3.41. The van der Waals surface area contributed by atoms with Crippen LogP contribution in [0.3, 0.4) is 0 Å². The van der Waals surface area contributed by atoms with Gasteiger partial charge in [0.2, 0.25) is 10.0 Å². The maximum absolute atomic E-state index is 12.7. The Kier molecular flexibility index (Phi) is 6.88. The summed E-state index contributed by atoms with van der Waals surface area (Å²) in [7, 11) is 1.67. The van der Waals surface area contributed by atoms with Crippen molar-refractivity contribution in [3.63, 3.8) is 0 Å². The molecule has 0 saturated carbocycles. The minimum absolute atomic E-state index is 0.144. The summed E-state index contributed by atoms with van der Waals surface area (Å²) in [5, 5.41) is 8.39. The van der Waals surface area contributed by atoms with Crippen molar-refractivity contribution >= 4 is 27.0 Å². The summed E-state index contributed by atoms with van der Waals surface area (Å²) in [6.45, 7) is 4.09. The highest BCUT2D eigenvalue weighted by molar-refractivity contribution is 7.88. The zero-order valence-electron chi connectivity index (χ0n) is 21.0. The van der Waals surface area contributed by atoms with Crippen LogP contribution in [-0.4, -0.2) is 60.7 Å². The molecule has 0 fully saturated rings. The third-order valence-electron chi connectivity index (χ3n) is 6.94. The van der Waals surface area contributed by atoms with Crippen molar-refractivity contribution in [2.75, 3.05) is 27.0 Å². The van der Waals surface area contributed by atoms with Gasteiger partial charge in [0.1, 0.15) is 16.8 Å². The second-order valence-electron chi connectivity index (χ2n) is 9.06.